The van der Waals surface area contributed by atoms with Gasteiger partial charge in [-0.15, -0.1) is 0 Å². The van der Waals surface area contributed by atoms with Gasteiger partial charge in [-0.3, -0.25) is 0 Å². The molecule has 1 aliphatic rings. The second kappa shape index (κ2) is 2.02. The highest BCUT2D eigenvalue weighted by Gasteiger charge is 2.03. The molecule has 0 radical (unpaired) electrons. The van der Waals surface area contributed by atoms with Crippen molar-refractivity contribution in [3.05, 3.63) is 12.3 Å². The van der Waals surface area contributed by atoms with E-state index in [1.54, 1.807) is 6.26 Å². The van der Waals surface area contributed by atoms with Crippen molar-refractivity contribution in [2.24, 2.45) is 8.14 Å². The Hall–Kier alpha value is -0.520. The molecule has 2 heterocycles. The quantitative estimate of drug-likeness (QED) is 0.636. The zero-order valence-electron chi connectivity index (χ0n) is 4.41. The second-order valence-electron chi connectivity index (χ2n) is 1.52. The van der Waals surface area contributed by atoms with Gasteiger partial charge >= 0.3 is 0 Å². The van der Waals surface area contributed by atoms with Gasteiger partial charge < -0.3 is 4.42 Å². The van der Waals surface area contributed by atoms with Crippen LogP contribution in [0.25, 0.3) is 0 Å². The van der Waals surface area contributed by atoms with Crippen molar-refractivity contribution in [2.45, 2.75) is 0 Å². The van der Waals surface area contributed by atoms with Gasteiger partial charge in [-0.05, 0) is 0 Å². The van der Waals surface area contributed by atoms with Crippen LogP contribution in [0.4, 0.5) is 11.6 Å². The lowest BCUT2D eigenvalue weighted by Crippen LogP contribution is -1.60. The van der Waals surface area contributed by atoms with Gasteiger partial charge in [0.2, 0.25) is 5.88 Å². The maximum absolute atomic E-state index is 4.98. The van der Waals surface area contributed by atoms with Crippen molar-refractivity contribution in [3.8, 4) is 0 Å². The van der Waals surface area contributed by atoms with Crippen molar-refractivity contribution in [2.75, 3.05) is 0 Å². The molecule has 3 nitrogen and oxygen atoms in total. The maximum Gasteiger partial charge on any atom is 0.245 e. The maximum atomic E-state index is 4.98. The zero-order chi connectivity index (χ0) is 6.10. The zero-order valence-corrected chi connectivity index (χ0v) is 6.57. The molecule has 0 N–H and O–H groups in total. The van der Waals surface area contributed by atoms with Crippen molar-refractivity contribution in [3.63, 3.8) is 0 Å². The third-order valence-electron chi connectivity index (χ3n) is 0.974. The minimum absolute atomic E-state index is 0.175. The van der Waals surface area contributed by atoms with Gasteiger partial charge in [-0.2, -0.15) is 0 Å². The Labute approximate surface area is 61.9 Å². The van der Waals surface area contributed by atoms with Gasteiger partial charge in [0.25, 0.3) is 0 Å². The molecule has 0 saturated carbocycles. The summed E-state index contributed by atoms with van der Waals surface area (Å²) in [5.74, 6) is 0.654. The predicted molar refractivity (Wildman–Crippen MR) is 43.0 cm³/mol. The summed E-state index contributed by atoms with van der Waals surface area (Å²) >= 11 is -0.175. The van der Waals surface area contributed by atoms with E-state index in [1.807, 2.05) is 10.3 Å². The number of hydrogen-bond acceptors (Lipinski definition) is 3. The molecule has 9 heavy (non-hydrogen) atoms. The predicted octanol–water partition coefficient (Wildman–Crippen LogP) is 2.74. The number of halogens is 1. The van der Waals surface area contributed by atoms with Crippen molar-refractivity contribution < 1.29 is 4.42 Å². The van der Waals surface area contributed by atoms with Gasteiger partial charge in [0, 0.05) is 27.1 Å². The lowest BCUT2D eigenvalue weighted by Gasteiger charge is -1.90. The molecule has 0 aromatic carbocycles. The van der Waals surface area contributed by atoms with Crippen molar-refractivity contribution >= 4 is 36.8 Å². The number of rotatable bonds is 0. The molecule has 0 spiro atoms. The fourth-order valence-electron chi connectivity index (χ4n) is 0.596. The summed E-state index contributed by atoms with van der Waals surface area (Å²) in [4.78, 5) is 4.02. The fourth-order valence-corrected chi connectivity index (χ4v) is 1.77. The molecular formula is C5H3IN2O. The molecule has 2 rings (SSSR count). The van der Waals surface area contributed by atoms with Crippen LogP contribution in [0.15, 0.2) is 24.9 Å². The average molecular weight is 234 g/mol. The Bertz CT molecular complexity index is 250. The van der Waals surface area contributed by atoms with E-state index in [2.05, 4.69) is 8.14 Å². The van der Waals surface area contributed by atoms with Gasteiger partial charge in [-0.25, -0.2) is 8.14 Å². The largest absolute Gasteiger partial charge is 0.445 e. The second-order valence-corrected chi connectivity index (χ2v) is 3.12. The topological polar surface area (TPSA) is 37.9 Å². The molecule has 1 aromatic rings. The Morgan fingerprint density at radius 1 is 1.56 bits per heavy atom. The minimum Gasteiger partial charge on any atom is -0.445 e. The van der Waals surface area contributed by atoms with Crippen LogP contribution < -0.4 is 0 Å². The van der Waals surface area contributed by atoms with E-state index in [9.17, 15) is 0 Å². The summed E-state index contributed by atoms with van der Waals surface area (Å²) in [6.45, 7) is 0. The molecule has 0 atom stereocenters. The first-order chi connectivity index (χ1) is 4.47. The highest BCUT2D eigenvalue weighted by atomic mass is 127. The van der Waals surface area contributed by atoms with Gasteiger partial charge in [0.1, 0.15) is 5.69 Å². The summed E-state index contributed by atoms with van der Waals surface area (Å²) in [6, 6.07) is 1.84. The van der Waals surface area contributed by atoms with Crippen LogP contribution >= 0.6 is 21.0 Å². The molecule has 4 heteroatoms. The van der Waals surface area contributed by atoms with Crippen LogP contribution in [-0.4, -0.2) is 4.22 Å². The molecule has 1 aromatic heterocycles. The third-order valence-corrected chi connectivity index (χ3v) is 2.30. The molecule has 0 amide bonds. The first kappa shape index (κ1) is 5.28. The van der Waals surface area contributed by atoms with Gasteiger partial charge in [-0.1, -0.05) is 0 Å². The fraction of sp³-hybridized carbons (Fsp3) is 0. The lowest BCUT2D eigenvalue weighted by molar-refractivity contribution is 0.579. The summed E-state index contributed by atoms with van der Waals surface area (Å²) in [6.07, 6.45) is 1.61. The highest BCUT2D eigenvalue weighted by molar-refractivity contribution is 14.2. The molecule has 46 valence electrons. The standard InChI is InChI=1S/C5H3IN2O/c1-2-9-5-4(1)8-6-3-7-5/h1-3H. The molecule has 0 unspecified atom stereocenters. The number of furan rings is 1. The number of aliphatic imine (C=N–C) groups is 1. The Morgan fingerprint density at radius 2 is 2.56 bits per heavy atom. The SMILES string of the molecule is C1=Nc2occc2N=I1. The van der Waals surface area contributed by atoms with Crippen LogP contribution in [0.3, 0.4) is 0 Å². The van der Waals surface area contributed by atoms with E-state index >= 15 is 0 Å². The molecule has 0 bridgehead atoms. The minimum atomic E-state index is -0.175. The van der Waals surface area contributed by atoms with E-state index in [-0.39, 0.29) is 21.0 Å². The Kier molecular flexibility index (Phi) is 1.18. The Balaban J connectivity index is 2.68. The Morgan fingerprint density at radius 3 is 3.44 bits per heavy atom. The highest BCUT2D eigenvalue weighted by Crippen LogP contribution is 2.34. The number of fused-ring (bicyclic) bond motifs is 1. The average Bonchev–Trinajstić information content (AvgIpc) is 2.33. The summed E-state index contributed by atoms with van der Waals surface area (Å²) in [5.41, 5.74) is 0.908. The number of hydrogen-bond donors (Lipinski definition) is 0. The lowest BCUT2D eigenvalue weighted by atomic mass is 10.5. The monoisotopic (exact) mass is 234 g/mol. The molecular weight excluding hydrogens is 231 g/mol. The molecule has 0 aliphatic carbocycles. The first-order valence-electron chi connectivity index (χ1n) is 2.40. The summed E-state index contributed by atoms with van der Waals surface area (Å²) < 4.78 is 11.0. The van der Waals surface area contributed by atoms with Crippen LogP contribution in [0.1, 0.15) is 0 Å². The molecule has 0 saturated heterocycles. The smallest absolute Gasteiger partial charge is 0.245 e. The van der Waals surface area contributed by atoms with E-state index < -0.39 is 0 Å². The van der Waals surface area contributed by atoms with Gasteiger partial charge in [0.05, 0.1) is 10.5 Å². The van der Waals surface area contributed by atoms with E-state index in [0.717, 1.165) is 5.69 Å². The first-order valence-corrected chi connectivity index (χ1v) is 4.61. The molecule has 0 fully saturated rings. The molecule has 1 aliphatic heterocycles. The van der Waals surface area contributed by atoms with E-state index in [0.29, 0.717) is 5.88 Å². The van der Waals surface area contributed by atoms with E-state index in [1.165, 1.54) is 0 Å². The van der Waals surface area contributed by atoms with Crippen LogP contribution in [0.2, 0.25) is 0 Å². The van der Waals surface area contributed by atoms with Gasteiger partial charge in [0.15, 0.2) is 0 Å². The normalized spacial score (nSPS) is 14.7. The third kappa shape index (κ3) is 0.827. The van der Waals surface area contributed by atoms with E-state index in [4.69, 9.17) is 4.42 Å². The van der Waals surface area contributed by atoms with Crippen LogP contribution in [-0.2, 0) is 0 Å². The van der Waals surface area contributed by atoms with Crippen LogP contribution in [0.5, 0.6) is 0 Å². The van der Waals surface area contributed by atoms with Crippen LogP contribution in [0, 0.1) is 0 Å². The summed E-state index contributed by atoms with van der Waals surface area (Å²) in [5, 5.41) is 0. The summed E-state index contributed by atoms with van der Waals surface area (Å²) in [7, 11) is 0. The van der Waals surface area contributed by atoms with Crippen molar-refractivity contribution in [1.29, 1.82) is 0 Å². The van der Waals surface area contributed by atoms with Crippen molar-refractivity contribution in [1.82, 2.24) is 0 Å². The number of nitrogens with zero attached hydrogens (tertiary/aromatic N) is 2.